The van der Waals surface area contributed by atoms with E-state index in [1.807, 2.05) is 47.4 Å². The van der Waals surface area contributed by atoms with Gasteiger partial charge in [0.2, 0.25) is 0 Å². The Balaban J connectivity index is 0.000000217. The summed E-state index contributed by atoms with van der Waals surface area (Å²) in [4.78, 5) is 6.24. The zero-order chi connectivity index (χ0) is 19.7. The fourth-order valence-electron chi connectivity index (χ4n) is 2.30. The summed E-state index contributed by atoms with van der Waals surface area (Å²) in [6.07, 6.45) is 11.8. The van der Waals surface area contributed by atoms with Crippen LogP contribution in [0, 0.1) is 12.8 Å². The molecule has 136 valence electrons. The minimum Gasteiger partial charge on any atom is -0.368 e. The highest BCUT2D eigenvalue weighted by atomic mass is 32.1. The second-order valence-corrected chi connectivity index (χ2v) is 5.71. The molecule has 2 nitrogen and oxygen atoms in total. The minimum absolute atomic E-state index is 1.21. The van der Waals surface area contributed by atoms with Crippen LogP contribution in [0.15, 0.2) is 109 Å². The third kappa shape index (κ3) is 7.11. The third-order valence-electron chi connectivity index (χ3n) is 3.34. The molecule has 0 unspecified atom stereocenters. The van der Waals surface area contributed by atoms with E-state index in [2.05, 4.69) is 84.5 Å². The Morgan fingerprint density at radius 3 is 1.41 bits per heavy atom. The molecule has 5 aromatic rings. The monoisotopic (exact) mass is 372 g/mol. The van der Waals surface area contributed by atoms with E-state index in [1.165, 1.54) is 21.8 Å². The molecule has 2 N–H and O–H groups in total. The Kier molecular flexibility index (Phi) is 11.0. The highest BCUT2D eigenvalue weighted by Gasteiger charge is 2.00. The lowest BCUT2D eigenvalue weighted by Gasteiger charge is -1.87. The maximum absolute atomic E-state index is 4.00. The first-order chi connectivity index (χ1) is 13.4. The van der Waals surface area contributed by atoms with E-state index in [4.69, 9.17) is 0 Å². The average molecular weight is 373 g/mol. The van der Waals surface area contributed by atoms with E-state index in [9.17, 15) is 0 Å². The van der Waals surface area contributed by atoms with Gasteiger partial charge < -0.3 is 9.97 Å². The number of hydrogen-bond acceptors (Lipinski definition) is 1. The molecule has 0 radical (unpaired) electrons. The van der Waals surface area contributed by atoms with Gasteiger partial charge in [-0.2, -0.15) is 11.3 Å². The number of H-pyrrole nitrogens is 2. The summed E-state index contributed by atoms with van der Waals surface area (Å²) >= 11 is 1.71. The predicted molar refractivity (Wildman–Crippen MR) is 122 cm³/mol. The Morgan fingerprint density at radius 2 is 1.07 bits per heavy atom. The Morgan fingerprint density at radius 1 is 0.630 bits per heavy atom. The number of fused-ring (bicyclic) bond motifs is 3. The zero-order valence-corrected chi connectivity index (χ0v) is 16.0. The van der Waals surface area contributed by atoms with Crippen LogP contribution in [0.4, 0.5) is 0 Å². The summed E-state index contributed by atoms with van der Waals surface area (Å²) in [5.74, 6) is 0. The number of terminal acetylenes is 1. The fraction of sp³-hybridized carbons (Fsp3) is 0. The smallest absolute Gasteiger partial charge is 0.0464 e. The SMILES string of the molecule is C#C.C=C.c1cc[nH]c1.c1ccc2c(c1)[nH]c1ccccc12.c1ccsc1. The van der Waals surface area contributed by atoms with E-state index in [0.717, 1.165) is 0 Å². The summed E-state index contributed by atoms with van der Waals surface area (Å²) in [7, 11) is 0. The van der Waals surface area contributed by atoms with Crippen LogP contribution in [0.2, 0.25) is 0 Å². The standard InChI is InChI=1S/C12H9N.C4H5N.C4H4S.C2H4.C2H2/c1-3-7-11-9(5-1)10-6-2-4-8-12(10)13-11;2*1-2-4-5-3-1;2*1-2/h1-8,13H;1-5H;1-4H;1-2H2;1-2H. The molecule has 0 aliphatic heterocycles. The second kappa shape index (κ2) is 13.8. The van der Waals surface area contributed by atoms with Gasteiger partial charge >= 0.3 is 0 Å². The van der Waals surface area contributed by atoms with Gasteiger partial charge in [0.1, 0.15) is 0 Å². The van der Waals surface area contributed by atoms with Crippen molar-refractivity contribution in [1.82, 2.24) is 9.97 Å². The average Bonchev–Trinajstić information content (AvgIpc) is 3.55. The van der Waals surface area contributed by atoms with Gasteiger partial charge in [-0.25, -0.2) is 0 Å². The van der Waals surface area contributed by atoms with Gasteiger partial charge in [-0.05, 0) is 35.0 Å². The first kappa shape index (κ1) is 21.6. The summed E-state index contributed by atoms with van der Waals surface area (Å²) in [5, 5.41) is 6.69. The van der Waals surface area contributed by atoms with Crippen LogP contribution in [0.5, 0.6) is 0 Å². The van der Waals surface area contributed by atoms with Crippen LogP contribution in [-0.4, -0.2) is 9.97 Å². The van der Waals surface area contributed by atoms with Gasteiger partial charge in [0.05, 0.1) is 0 Å². The van der Waals surface area contributed by atoms with E-state index < -0.39 is 0 Å². The van der Waals surface area contributed by atoms with Crippen molar-refractivity contribution in [3.8, 4) is 12.8 Å². The van der Waals surface area contributed by atoms with Crippen molar-refractivity contribution in [2.75, 3.05) is 0 Å². The molecule has 3 heterocycles. The molecule has 5 rings (SSSR count). The molecule has 0 saturated heterocycles. The quantitative estimate of drug-likeness (QED) is 0.214. The molecule has 0 atom stereocenters. The molecular formula is C24H24N2S. The Hall–Kier alpha value is -3.48. The van der Waals surface area contributed by atoms with E-state index >= 15 is 0 Å². The molecule has 0 spiro atoms. The number of thiophene rings is 1. The van der Waals surface area contributed by atoms with Gasteiger partial charge in [0.15, 0.2) is 0 Å². The molecular weight excluding hydrogens is 348 g/mol. The van der Waals surface area contributed by atoms with Gasteiger partial charge in [-0.3, -0.25) is 0 Å². The van der Waals surface area contributed by atoms with Crippen LogP contribution in [0.1, 0.15) is 0 Å². The number of hydrogen-bond donors (Lipinski definition) is 2. The van der Waals surface area contributed by atoms with Crippen molar-refractivity contribution in [1.29, 1.82) is 0 Å². The number of benzene rings is 2. The Bertz CT molecular complexity index is 866. The molecule has 0 aliphatic rings. The van der Waals surface area contributed by atoms with Crippen molar-refractivity contribution >= 4 is 33.1 Å². The van der Waals surface area contributed by atoms with Crippen LogP contribution < -0.4 is 0 Å². The normalized spacial score (nSPS) is 8.52. The maximum atomic E-state index is 4.00. The lowest BCUT2D eigenvalue weighted by Crippen LogP contribution is -1.62. The van der Waals surface area contributed by atoms with Crippen molar-refractivity contribution in [3.63, 3.8) is 0 Å². The zero-order valence-electron chi connectivity index (χ0n) is 15.2. The molecule has 0 bridgehead atoms. The predicted octanol–water partition coefficient (Wildman–Crippen LogP) is 7.14. The number of rotatable bonds is 0. The van der Waals surface area contributed by atoms with Crippen LogP contribution >= 0.6 is 11.3 Å². The van der Waals surface area contributed by atoms with Gasteiger partial charge in [0, 0.05) is 34.2 Å². The molecule has 27 heavy (non-hydrogen) atoms. The largest absolute Gasteiger partial charge is 0.368 e. The first-order valence-corrected chi connectivity index (χ1v) is 9.23. The van der Waals surface area contributed by atoms with Crippen LogP contribution in [0.25, 0.3) is 21.8 Å². The van der Waals surface area contributed by atoms with Gasteiger partial charge in [-0.15, -0.1) is 26.0 Å². The molecule has 0 aliphatic carbocycles. The molecule has 3 heteroatoms. The Labute approximate surface area is 165 Å². The van der Waals surface area contributed by atoms with Gasteiger partial charge in [0.25, 0.3) is 0 Å². The van der Waals surface area contributed by atoms with E-state index in [0.29, 0.717) is 0 Å². The third-order valence-corrected chi connectivity index (χ3v) is 3.96. The topological polar surface area (TPSA) is 31.6 Å². The van der Waals surface area contributed by atoms with Crippen molar-refractivity contribution < 1.29 is 0 Å². The molecule has 3 aromatic heterocycles. The molecule has 0 amide bonds. The number of aromatic amines is 2. The fourth-order valence-corrected chi connectivity index (χ4v) is 2.76. The number of para-hydroxylation sites is 2. The van der Waals surface area contributed by atoms with Crippen molar-refractivity contribution in [2.24, 2.45) is 0 Å². The summed E-state index contributed by atoms with van der Waals surface area (Å²) < 4.78 is 0. The maximum Gasteiger partial charge on any atom is 0.0464 e. The summed E-state index contributed by atoms with van der Waals surface area (Å²) in [6, 6.07) is 24.7. The molecule has 2 aromatic carbocycles. The second-order valence-electron chi connectivity index (χ2n) is 4.89. The van der Waals surface area contributed by atoms with Gasteiger partial charge in [-0.1, -0.05) is 48.5 Å². The molecule has 0 saturated carbocycles. The number of aromatic nitrogens is 2. The van der Waals surface area contributed by atoms with Crippen LogP contribution in [0.3, 0.4) is 0 Å². The first-order valence-electron chi connectivity index (χ1n) is 8.29. The lowest BCUT2D eigenvalue weighted by atomic mass is 10.2. The highest BCUT2D eigenvalue weighted by molar-refractivity contribution is 7.07. The van der Waals surface area contributed by atoms with E-state index in [-0.39, 0.29) is 0 Å². The van der Waals surface area contributed by atoms with Crippen LogP contribution in [-0.2, 0) is 0 Å². The van der Waals surface area contributed by atoms with E-state index in [1.54, 1.807) is 11.3 Å². The van der Waals surface area contributed by atoms with Crippen molar-refractivity contribution in [2.45, 2.75) is 0 Å². The summed E-state index contributed by atoms with van der Waals surface area (Å²) in [5.41, 5.74) is 2.42. The lowest BCUT2D eigenvalue weighted by molar-refractivity contribution is 1.42. The highest BCUT2D eigenvalue weighted by Crippen LogP contribution is 2.24. The minimum atomic E-state index is 1.21. The summed E-state index contributed by atoms with van der Waals surface area (Å²) in [6.45, 7) is 6.00. The van der Waals surface area contributed by atoms with Crippen molar-refractivity contribution in [3.05, 3.63) is 109 Å². The number of nitrogens with one attached hydrogen (secondary N) is 2. The molecule has 0 fully saturated rings.